The molecule has 1 unspecified atom stereocenters. The molecule has 0 amide bonds. The number of halogens is 2. The van der Waals surface area contributed by atoms with Crippen molar-refractivity contribution in [3.63, 3.8) is 0 Å². The molecule has 0 aliphatic heterocycles. The number of nitrogens with one attached hydrogen (secondary N) is 1. The molecule has 0 aliphatic carbocycles. The van der Waals surface area contributed by atoms with Gasteiger partial charge >= 0.3 is 0 Å². The molecule has 2 rings (SSSR count). The first kappa shape index (κ1) is 14.8. The second kappa shape index (κ2) is 7.27. The van der Waals surface area contributed by atoms with E-state index in [0.717, 1.165) is 12.3 Å². The number of hydrogen-bond acceptors (Lipinski definition) is 2. The number of ether oxygens (including phenoxy) is 1. The number of rotatable bonds is 6. The van der Waals surface area contributed by atoms with Crippen LogP contribution in [-0.4, -0.2) is 13.2 Å². The highest BCUT2D eigenvalue weighted by Gasteiger charge is 2.16. The summed E-state index contributed by atoms with van der Waals surface area (Å²) in [6, 6.07) is 14.0. The van der Waals surface area contributed by atoms with Crippen LogP contribution in [0.15, 0.2) is 48.5 Å². The summed E-state index contributed by atoms with van der Waals surface area (Å²) in [5.41, 5.74) is 0.562. The summed E-state index contributed by atoms with van der Waals surface area (Å²) in [5, 5.41) is 3.62. The van der Waals surface area contributed by atoms with E-state index in [1.165, 1.54) is 6.07 Å². The van der Waals surface area contributed by atoms with Gasteiger partial charge in [-0.15, -0.1) is 0 Å². The standard InChI is InChI=1S/C16H17ClFNO/c1-2-19-16(11-20-13-6-4-3-5-7-13)14-9-8-12(17)10-15(14)18/h3-10,16,19H,2,11H2,1H3. The molecule has 2 nitrogen and oxygen atoms in total. The Morgan fingerprint density at radius 2 is 1.95 bits per heavy atom. The summed E-state index contributed by atoms with van der Waals surface area (Å²) >= 11 is 5.78. The molecule has 0 saturated carbocycles. The summed E-state index contributed by atoms with van der Waals surface area (Å²) in [6.07, 6.45) is 0. The van der Waals surface area contributed by atoms with E-state index in [2.05, 4.69) is 5.32 Å². The summed E-state index contributed by atoms with van der Waals surface area (Å²) in [7, 11) is 0. The van der Waals surface area contributed by atoms with Crippen molar-refractivity contribution in [2.24, 2.45) is 0 Å². The molecule has 2 aromatic carbocycles. The van der Waals surface area contributed by atoms with Gasteiger partial charge in [-0.25, -0.2) is 4.39 Å². The summed E-state index contributed by atoms with van der Waals surface area (Å²) in [4.78, 5) is 0. The van der Waals surface area contributed by atoms with Crippen molar-refractivity contribution in [3.8, 4) is 5.75 Å². The van der Waals surface area contributed by atoms with E-state index in [4.69, 9.17) is 16.3 Å². The van der Waals surface area contributed by atoms with Crippen molar-refractivity contribution in [1.29, 1.82) is 0 Å². The first-order chi connectivity index (χ1) is 9.70. The van der Waals surface area contributed by atoms with Gasteiger partial charge in [-0.05, 0) is 30.8 Å². The van der Waals surface area contributed by atoms with Gasteiger partial charge in [0.1, 0.15) is 18.2 Å². The fraction of sp³-hybridized carbons (Fsp3) is 0.250. The summed E-state index contributed by atoms with van der Waals surface area (Å²) in [5.74, 6) is 0.449. The van der Waals surface area contributed by atoms with E-state index in [0.29, 0.717) is 17.2 Å². The minimum absolute atomic E-state index is 0.211. The predicted octanol–water partition coefficient (Wildman–Crippen LogP) is 4.21. The van der Waals surface area contributed by atoms with Gasteiger partial charge in [0, 0.05) is 10.6 Å². The number of hydrogen-bond donors (Lipinski definition) is 1. The van der Waals surface area contributed by atoms with Crippen LogP contribution in [0, 0.1) is 5.82 Å². The van der Waals surface area contributed by atoms with Crippen LogP contribution in [0.2, 0.25) is 5.02 Å². The molecule has 20 heavy (non-hydrogen) atoms. The first-order valence-electron chi connectivity index (χ1n) is 6.57. The molecule has 0 fully saturated rings. The third kappa shape index (κ3) is 3.95. The Bertz CT molecular complexity index is 547. The molecule has 4 heteroatoms. The van der Waals surface area contributed by atoms with Crippen LogP contribution in [0.5, 0.6) is 5.75 Å². The van der Waals surface area contributed by atoms with Gasteiger partial charge in [0.25, 0.3) is 0 Å². The molecule has 2 aromatic rings. The molecule has 0 heterocycles. The van der Waals surface area contributed by atoms with Crippen LogP contribution in [-0.2, 0) is 0 Å². The summed E-state index contributed by atoms with van der Waals surface area (Å²) < 4.78 is 19.7. The molecule has 0 aliphatic rings. The maximum Gasteiger partial charge on any atom is 0.129 e. The lowest BCUT2D eigenvalue weighted by Crippen LogP contribution is -2.27. The van der Waals surface area contributed by atoms with Gasteiger partial charge in [0.15, 0.2) is 0 Å². The number of para-hydroxylation sites is 1. The SMILES string of the molecule is CCNC(COc1ccccc1)c1ccc(Cl)cc1F. The minimum atomic E-state index is -0.319. The number of likely N-dealkylation sites (N-methyl/N-ethyl adjacent to an activating group) is 1. The first-order valence-corrected chi connectivity index (χ1v) is 6.94. The Morgan fingerprint density at radius 3 is 2.60 bits per heavy atom. The van der Waals surface area contributed by atoms with E-state index >= 15 is 0 Å². The van der Waals surface area contributed by atoms with Gasteiger partial charge in [-0.1, -0.05) is 42.8 Å². The van der Waals surface area contributed by atoms with Crippen molar-refractivity contribution in [2.45, 2.75) is 13.0 Å². The third-order valence-electron chi connectivity index (χ3n) is 2.95. The van der Waals surface area contributed by atoms with Gasteiger partial charge in [0.05, 0.1) is 6.04 Å². The van der Waals surface area contributed by atoms with Gasteiger partial charge in [0.2, 0.25) is 0 Å². The Morgan fingerprint density at radius 1 is 1.20 bits per heavy atom. The van der Waals surface area contributed by atoms with Gasteiger partial charge < -0.3 is 10.1 Å². The van der Waals surface area contributed by atoms with Crippen molar-refractivity contribution in [3.05, 3.63) is 64.9 Å². The van der Waals surface area contributed by atoms with Gasteiger partial charge in [-0.3, -0.25) is 0 Å². The van der Waals surface area contributed by atoms with Crippen molar-refractivity contribution in [2.75, 3.05) is 13.2 Å². The molecule has 0 saturated heterocycles. The lowest BCUT2D eigenvalue weighted by Gasteiger charge is -2.19. The lowest BCUT2D eigenvalue weighted by atomic mass is 10.1. The van der Waals surface area contributed by atoms with Crippen LogP contribution in [0.3, 0.4) is 0 Å². The average molecular weight is 294 g/mol. The van der Waals surface area contributed by atoms with E-state index in [-0.39, 0.29) is 11.9 Å². The second-order valence-electron chi connectivity index (χ2n) is 4.40. The van der Waals surface area contributed by atoms with Crippen LogP contribution in [0.25, 0.3) is 0 Å². The van der Waals surface area contributed by atoms with E-state index in [1.807, 2.05) is 37.3 Å². The number of benzene rings is 2. The molecule has 1 atom stereocenters. The molecule has 0 bridgehead atoms. The maximum absolute atomic E-state index is 14.0. The summed E-state index contributed by atoms with van der Waals surface area (Å²) in [6.45, 7) is 3.06. The van der Waals surface area contributed by atoms with Crippen LogP contribution < -0.4 is 10.1 Å². The lowest BCUT2D eigenvalue weighted by molar-refractivity contribution is 0.265. The Labute approximate surface area is 123 Å². The zero-order valence-electron chi connectivity index (χ0n) is 11.3. The molecule has 0 radical (unpaired) electrons. The Kier molecular flexibility index (Phi) is 5.39. The predicted molar refractivity (Wildman–Crippen MR) is 79.8 cm³/mol. The second-order valence-corrected chi connectivity index (χ2v) is 4.84. The van der Waals surface area contributed by atoms with Crippen molar-refractivity contribution >= 4 is 11.6 Å². The monoisotopic (exact) mass is 293 g/mol. The minimum Gasteiger partial charge on any atom is -0.492 e. The zero-order chi connectivity index (χ0) is 14.4. The highest BCUT2D eigenvalue weighted by molar-refractivity contribution is 6.30. The van der Waals surface area contributed by atoms with Crippen LogP contribution >= 0.6 is 11.6 Å². The fourth-order valence-electron chi connectivity index (χ4n) is 1.99. The van der Waals surface area contributed by atoms with E-state index in [9.17, 15) is 4.39 Å². The molecular formula is C16H17ClFNO. The highest BCUT2D eigenvalue weighted by atomic mass is 35.5. The molecule has 0 spiro atoms. The molecule has 0 aromatic heterocycles. The molecule has 1 N–H and O–H groups in total. The maximum atomic E-state index is 14.0. The molecular weight excluding hydrogens is 277 g/mol. The normalized spacial score (nSPS) is 12.2. The van der Waals surface area contributed by atoms with Gasteiger partial charge in [-0.2, -0.15) is 0 Å². The Balaban J connectivity index is 2.10. The largest absolute Gasteiger partial charge is 0.492 e. The average Bonchev–Trinajstić information content (AvgIpc) is 2.45. The van der Waals surface area contributed by atoms with Crippen molar-refractivity contribution < 1.29 is 9.13 Å². The van der Waals surface area contributed by atoms with E-state index < -0.39 is 0 Å². The fourth-order valence-corrected chi connectivity index (χ4v) is 2.14. The quantitative estimate of drug-likeness (QED) is 0.861. The van der Waals surface area contributed by atoms with Crippen LogP contribution in [0.4, 0.5) is 4.39 Å². The Hall–Kier alpha value is -1.58. The van der Waals surface area contributed by atoms with E-state index in [1.54, 1.807) is 12.1 Å². The highest BCUT2D eigenvalue weighted by Crippen LogP contribution is 2.22. The third-order valence-corrected chi connectivity index (χ3v) is 3.18. The zero-order valence-corrected chi connectivity index (χ0v) is 12.0. The smallest absolute Gasteiger partial charge is 0.129 e. The molecule has 106 valence electrons. The topological polar surface area (TPSA) is 21.3 Å². The van der Waals surface area contributed by atoms with Crippen LogP contribution in [0.1, 0.15) is 18.5 Å². The van der Waals surface area contributed by atoms with Crippen molar-refractivity contribution in [1.82, 2.24) is 5.32 Å².